The normalized spacial score (nSPS) is 20.6. The molecule has 2 saturated heterocycles. The van der Waals surface area contributed by atoms with E-state index in [0.29, 0.717) is 34.9 Å². The van der Waals surface area contributed by atoms with Crippen molar-refractivity contribution in [2.75, 3.05) is 32.0 Å². The predicted octanol–water partition coefficient (Wildman–Crippen LogP) is 4.27. The van der Waals surface area contributed by atoms with E-state index in [-0.39, 0.29) is 17.8 Å². The molecule has 9 heteroatoms. The molecule has 2 atom stereocenters. The third-order valence-corrected chi connectivity index (χ3v) is 6.81. The minimum absolute atomic E-state index is 0.0435. The minimum atomic E-state index is -0.456. The van der Waals surface area contributed by atoms with Gasteiger partial charge in [-0.05, 0) is 56.6 Å². The fourth-order valence-corrected chi connectivity index (χ4v) is 4.81. The van der Waals surface area contributed by atoms with Crippen LogP contribution in [0.2, 0.25) is 0 Å². The first-order chi connectivity index (χ1) is 17.2. The summed E-state index contributed by atoms with van der Waals surface area (Å²) in [6, 6.07) is 14.0. The summed E-state index contributed by atoms with van der Waals surface area (Å²) in [7, 11) is 0. The Labute approximate surface area is 202 Å². The number of likely N-dealkylation sites (tertiary alicyclic amines) is 1. The number of anilines is 1. The van der Waals surface area contributed by atoms with Crippen molar-refractivity contribution in [2.24, 2.45) is 0 Å². The molecule has 0 saturated carbocycles. The third-order valence-electron chi connectivity index (χ3n) is 6.81. The Bertz CT molecular complexity index is 1330. The van der Waals surface area contributed by atoms with Crippen LogP contribution >= 0.6 is 0 Å². The lowest BCUT2D eigenvalue weighted by Crippen LogP contribution is -2.44. The maximum Gasteiger partial charge on any atom is 0.153 e. The van der Waals surface area contributed by atoms with Gasteiger partial charge in [0.1, 0.15) is 40.7 Å². The average Bonchev–Trinajstić information content (AvgIpc) is 3.23. The molecule has 0 spiro atoms. The van der Waals surface area contributed by atoms with Gasteiger partial charge >= 0.3 is 0 Å². The number of benzene rings is 2. The number of nitrogens with zero attached hydrogens (tertiary/aromatic N) is 5. The molecule has 0 amide bonds. The molecule has 6 rings (SSSR count). The second-order valence-corrected chi connectivity index (χ2v) is 9.16. The Kier molecular flexibility index (Phi) is 5.79. The second-order valence-electron chi connectivity index (χ2n) is 9.16. The van der Waals surface area contributed by atoms with Crippen molar-refractivity contribution in [2.45, 2.75) is 31.3 Å². The van der Waals surface area contributed by atoms with Gasteiger partial charge in [0.15, 0.2) is 5.82 Å². The molecule has 4 aromatic rings. The van der Waals surface area contributed by atoms with Crippen LogP contribution in [0.4, 0.5) is 10.2 Å². The summed E-state index contributed by atoms with van der Waals surface area (Å²) < 4.78 is 29.0. The van der Waals surface area contributed by atoms with Crippen LogP contribution in [0.3, 0.4) is 0 Å². The highest BCUT2D eigenvalue weighted by Crippen LogP contribution is 2.36. The van der Waals surface area contributed by atoms with Crippen molar-refractivity contribution in [3.63, 3.8) is 0 Å². The molecule has 2 aliphatic heterocycles. The van der Waals surface area contributed by atoms with Gasteiger partial charge in [0.25, 0.3) is 0 Å². The molecule has 2 aromatic carbocycles. The first-order valence-electron chi connectivity index (χ1n) is 12.0. The van der Waals surface area contributed by atoms with Gasteiger partial charge in [0.05, 0.1) is 12.7 Å². The molecule has 0 radical (unpaired) electrons. The van der Waals surface area contributed by atoms with Crippen LogP contribution in [-0.4, -0.2) is 56.8 Å². The van der Waals surface area contributed by atoms with Crippen LogP contribution in [-0.2, 0) is 4.74 Å². The number of nitrogen functional groups attached to an aromatic ring is 1. The van der Waals surface area contributed by atoms with Gasteiger partial charge < -0.3 is 20.1 Å². The zero-order chi connectivity index (χ0) is 23.8. The third kappa shape index (κ3) is 4.33. The van der Waals surface area contributed by atoms with E-state index in [0.717, 1.165) is 38.3 Å². The standard InChI is InChI=1S/C26H27FN6O2/c27-22-13-19(35-18-5-2-1-3-6-18)9-10-21(22)23-24-25(28)29-16-30-33(24)26(31-23)17-7-8-20(34-15-17)14-32-11-4-12-32/h1-3,5-6,9-10,13,16-17,20H,4,7-8,11-12,14-15H2,(H2,28,29,30)/t17-,20-/m0/s1. The number of hydrogen-bond donors (Lipinski definition) is 1. The van der Waals surface area contributed by atoms with Crippen molar-refractivity contribution < 1.29 is 13.9 Å². The molecule has 2 aliphatic rings. The first-order valence-corrected chi connectivity index (χ1v) is 12.0. The highest BCUT2D eigenvalue weighted by molar-refractivity contribution is 5.85. The Morgan fingerprint density at radius 2 is 1.94 bits per heavy atom. The monoisotopic (exact) mass is 474 g/mol. The number of fused-ring (bicyclic) bond motifs is 1. The highest BCUT2D eigenvalue weighted by atomic mass is 19.1. The summed E-state index contributed by atoms with van der Waals surface area (Å²) in [5.41, 5.74) is 7.47. The maximum absolute atomic E-state index is 15.3. The van der Waals surface area contributed by atoms with Crippen molar-refractivity contribution in [1.29, 1.82) is 0 Å². The molecule has 2 fully saturated rings. The zero-order valence-electron chi connectivity index (χ0n) is 19.3. The number of ether oxygens (including phenoxy) is 2. The maximum atomic E-state index is 15.3. The molecular formula is C26H27FN6O2. The van der Waals surface area contributed by atoms with E-state index in [2.05, 4.69) is 15.0 Å². The van der Waals surface area contributed by atoms with Crippen molar-refractivity contribution in [3.8, 4) is 22.8 Å². The summed E-state index contributed by atoms with van der Waals surface area (Å²) in [4.78, 5) is 11.4. The number of aromatic nitrogens is 4. The highest BCUT2D eigenvalue weighted by Gasteiger charge is 2.30. The van der Waals surface area contributed by atoms with E-state index in [1.165, 1.54) is 18.8 Å². The van der Waals surface area contributed by atoms with Gasteiger partial charge in [-0.15, -0.1) is 0 Å². The molecule has 4 heterocycles. The summed E-state index contributed by atoms with van der Waals surface area (Å²) in [5.74, 6) is 1.60. The average molecular weight is 475 g/mol. The van der Waals surface area contributed by atoms with E-state index in [1.807, 2.05) is 30.3 Å². The Morgan fingerprint density at radius 1 is 1.09 bits per heavy atom. The summed E-state index contributed by atoms with van der Waals surface area (Å²) in [5, 5.41) is 4.41. The molecule has 0 unspecified atom stereocenters. The largest absolute Gasteiger partial charge is 0.457 e. The van der Waals surface area contributed by atoms with Gasteiger partial charge in [-0.25, -0.2) is 18.9 Å². The fraction of sp³-hybridized carbons (Fsp3) is 0.346. The quantitative estimate of drug-likeness (QED) is 0.446. The van der Waals surface area contributed by atoms with Crippen molar-refractivity contribution in [3.05, 3.63) is 66.5 Å². The predicted molar refractivity (Wildman–Crippen MR) is 130 cm³/mol. The molecule has 2 aromatic heterocycles. The van der Waals surface area contributed by atoms with Crippen molar-refractivity contribution in [1.82, 2.24) is 24.5 Å². The SMILES string of the molecule is Nc1ncnn2c([C@H]3CC[C@@H](CN4CCC4)OC3)nc(-c3ccc(Oc4ccccc4)cc3F)c12. The van der Waals surface area contributed by atoms with E-state index in [9.17, 15) is 0 Å². The Morgan fingerprint density at radius 3 is 2.66 bits per heavy atom. The molecule has 8 nitrogen and oxygen atoms in total. The summed E-state index contributed by atoms with van der Waals surface area (Å²) >= 11 is 0. The zero-order valence-corrected chi connectivity index (χ0v) is 19.3. The lowest BCUT2D eigenvalue weighted by molar-refractivity contribution is -0.0272. The lowest BCUT2D eigenvalue weighted by Gasteiger charge is -2.36. The Balaban J connectivity index is 1.29. The fourth-order valence-electron chi connectivity index (χ4n) is 4.81. The molecule has 0 aliphatic carbocycles. The number of rotatable bonds is 6. The van der Waals surface area contributed by atoms with Crippen LogP contribution < -0.4 is 10.5 Å². The van der Waals surface area contributed by atoms with Gasteiger partial charge in [0.2, 0.25) is 0 Å². The number of halogens is 1. The van der Waals surface area contributed by atoms with E-state index in [4.69, 9.17) is 20.2 Å². The molecule has 180 valence electrons. The van der Waals surface area contributed by atoms with Crippen LogP contribution in [0.1, 0.15) is 31.0 Å². The number of para-hydroxylation sites is 1. The lowest BCUT2D eigenvalue weighted by atomic mass is 9.97. The molecular weight excluding hydrogens is 447 g/mol. The number of hydrogen-bond acceptors (Lipinski definition) is 7. The van der Waals surface area contributed by atoms with E-state index < -0.39 is 5.82 Å². The Hall–Kier alpha value is -3.56. The van der Waals surface area contributed by atoms with E-state index in [1.54, 1.807) is 16.6 Å². The smallest absolute Gasteiger partial charge is 0.153 e. The molecule has 35 heavy (non-hydrogen) atoms. The van der Waals surface area contributed by atoms with Crippen molar-refractivity contribution >= 4 is 11.3 Å². The number of imidazole rings is 1. The van der Waals surface area contributed by atoms with Gasteiger partial charge in [-0.2, -0.15) is 5.10 Å². The molecule has 0 bridgehead atoms. The van der Waals surface area contributed by atoms with E-state index >= 15 is 4.39 Å². The topological polar surface area (TPSA) is 90.8 Å². The van der Waals surface area contributed by atoms with Gasteiger partial charge in [-0.1, -0.05) is 18.2 Å². The minimum Gasteiger partial charge on any atom is -0.457 e. The van der Waals surface area contributed by atoms with Gasteiger partial charge in [0, 0.05) is 24.1 Å². The van der Waals surface area contributed by atoms with Crippen LogP contribution in [0.15, 0.2) is 54.9 Å². The van der Waals surface area contributed by atoms with Crippen LogP contribution in [0, 0.1) is 5.82 Å². The molecule has 2 N–H and O–H groups in total. The van der Waals surface area contributed by atoms with Crippen LogP contribution in [0.5, 0.6) is 11.5 Å². The number of nitrogens with two attached hydrogens (primary N) is 1. The summed E-state index contributed by atoms with van der Waals surface area (Å²) in [6.45, 7) is 3.86. The summed E-state index contributed by atoms with van der Waals surface area (Å²) in [6.07, 6.45) is 4.79. The first kappa shape index (κ1) is 21.9. The second kappa shape index (κ2) is 9.24. The van der Waals surface area contributed by atoms with Gasteiger partial charge in [-0.3, -0.25) is 0 Å². The van der Waals surface area contributed by atoms with Crippen LogP contribution in [0.25, 0.3) is 16.8 Å².